The normalized spacial score (nSPS) is 14.0. The summed E-state index contributed by atoms with van der Waals surface area (Å²) in [6.45, 7) is 15.8. The fourth-order valence-corrected chi connectivity index (χ4v) is 3.55. The zero-order valence-corrected chi connectivity index (χ0v) is 22.4. The number of anilines is 1. The van der Waals surface area contributed by atoms with Gasteiger partial charge in [0.2, 0.25) is 0 Å². The van der Waals surface area contributed by atoms with Crippen LogP contribution in [0.15, 0.2) is 41.5 Å². The number of benzene rings is 1. The van der Waals surface area contributed by atoms with Crippen LogP contribution in [0.25, 0.3) is 0 Å². The van der Waals surface area contributed by atoms with E-state index >= 15 is 0 Å². The summed E-state index contributed by atoms with van der Waals surface area (Å²) in [7, 11) is 3.25. The van der Waals surface area contributed by atoms with Crippen molar-refractivity contribution in [1.29, 1.82) is 5.41 Å². The highest BCUT2D eigenvalue weighted by Crippen LogP contribution is 2.27. The minimum Gasteiger partial charge on any atom is -0.383 e. The number of rotatable bonds is 5. The van der Waals surface area contributed by atoms with Crippen molar-refractivity contribution in [2.24, 2.45) is 10.7 Å². The van der Waals surface area contributed by atoms with Crippen LogP contribution < -0.4 is 10.6 Å². The minimum absolute atomic E-state index is 0.272. The van der Waals surface area contributed by atoms with Crippen molar-refractivity contribution in [2.75, 3.05) is 32.2 Å². The lowest BCUT2D eigenvalue weighted by molar-refractivity contribution is -0.0987. The van der Waals surface area contributed by atoms with Gasteiger partial charge in [-0.05, 0) is 52.3 Å². The van der Waals surface area contributed by atoms with Crippen LogP contribution in [0.5, 0.6) is 0 Å². The molecule has 2 heterocycles. The van der Waals surface area contributed by atoms with Crippen LogP contribution in [0.1, 0.15) is 55.9 Å². The van der Waals surface area contributed by atoms with Crippen molar-refractivity contribution >= 4 is 30.9 Å². The number of aryl methyl sites for hydroxylation is 2. The van der Waals surface area contributed by atoms with Gasteiger partial charge in [-0.1, -0.05) is 43.7 Å². The Labute approximate surface area is 211 Å². The van der Waals surface area contributed by atoms with E-state index in [9.17, 15) is 0 Å². The molecule has 8 heteroatoms. The summed E-state index contributed by atoms with van der Waals surface area (Å²) in [5.74, 6) is 1.30. The standard InChI is InChI=1S/C22H28N4O.C2H6.CH5N.2CH2O/c1-15-7-9-18(10-8-15)21(23)25-17(3)19-12-16(2)22(24-13-19)26-11-5-6-20(26)14-27-4;4*1-2/h7-10,12-13,20,23H,5-6,11,14H2,1-4H3;1-2H3;2H2,1H3;2*1H2. The first kappa shape index (κ1) is 33.9. The fraction of sp³-hybridized carbons (Fsp3) is 0.444. The molecule has 0 saturated carbocycles. The van der Waals surface area contributed by atoms with Crippen molar-refractivity contribution in [2.45, 2.75) is 53.5 Å². The van der Waals surface area contributed by atoms with Gasteiger partial charge in [0.1, 0.15) is 19.4 Å². The van der Waals surface area contributed by atoms with Crippen molar-refractivity contribution in [3.8, 4) is 0 Å². The Morgan fingerprint density at radius 3 is 2.23 bits per heavy atom. The SMILES string of the molecule is C=O.C=O.CC.CN.COCC1CCCN1c1ncc(C(C)=NC(=N)c2ccc(C)cc2)cc1C. The van der Waals surface area contributed by atoms with Gasteiger partial charge in [-0.3, -0.25) is 5.41 Å². The number of carbonyl (C=O) groups excluding carboxylic acids is 2. The molecular weight excluding hydrogens is 442 g/mol. The summed E-state index contributed by atoms with van der Waals surface area (Å²) in [5, 5.41) is 8.25. The summed E-state index contributed by atoms with van der Waals surface area (Å²) < 4.78 is 5.36. The van der Waals surface area contributed by atoms with Gasteiger partial charge >= 0.3 is 0 Å². The highest BCUT2D eigenvalue weighted by Gasteiger charge is 2.26. The van der Waals surface area contributed by atoms with E-state index in [1.54, 1.807) is 7.11 Å². The van der Waals surface area contributed by atoms with Crippen molar-refractivity contribution < 1.29 is 14.3 Å². The number of nitrogens with zero attached hydrogens (tertiary/aromatic N) is 3. The third-order valence-electron chi connectivity index (χ3n) is 5.08. The maximum Gasteiger partial charge on any atom is 0.152 e. The molecule has 8 nitrogen and oxygen atoms in total. The van der Waals surface area contributed by atoms with Gasteiger partial charge in [0.15, 0.2) is 5.84 Å². The summed E-state index contributed by atoms with van der Waals surface area (Å²) in [6.07, 6.45) is 4.18. The van der Waals surface area contributed by atoms with Crippen LogP contribution in [0.4, 0.5) is 5.82 Å². The number of methoxy groups -OCH3 is 1. The number of carbonyl (C=O) groups is 2. The summed E-state index contributed by atoms with van der Waals surface area (Å²) in [5.41, 5.74) is 9.39. The average Bonchev–Trinajstić information content (AvgIpc) is 3.37. The Kier molecular flexibility index (Phi) is 19.6. The predicted octanol–water partition coefficient (Wildman–Crippen LogP) is 4.38. The first-order valence-corrected chi connectivity index (χ1v) is 11.6. The number of nitrogens with two attached hydrogens (primary N) is 1. The maximum absolute atomic E-state index is 8.25. The number of amidine groups is 1. The van der Waals surface area contributed by atoms with Crippen LogP contribution in [-0.2, 0) is 14.3 Å². The lowest BCUT2D eigenvalue weighted by atomic mass is 10.1. The molecule has 1 aliphatic heterocycles. The molecule has 0 aliphatic carbocycles. The molecule has 35 heavy (non-hydrogen) atoms. The quantitative estimate of drug-likeness (QED) is 0.479. The zero-order chi connectivity index (χ0) is 27.4. The number of nitrogens with one attached hydrogen (secondary N) is 1. The van der Waals surface area contributed by atoms with Gasteiger partial charge in [0.05, 0.1) is 12.6 Å². The Hall–Kier alpha value is -3.23. The maximum atomic E-state index is 8.25. The topological polar surface area (TPSA) is 122 Å². The number of hydrogen-bond donors (Lipinski definition) is 2. The van der Waals surface area contributed by atoms with Gasteiger partial charge in [-0.15, -0.1) is 0 Å². The largest absolute Gasteiger partial charge is 0.383 e. The molecule has 0 spiro atoms. The first-order valence-electron chi connectivity index (χ1n) is 11.6. The van der Waals surface area contributed by atoms with Crippen molar-refractivity contribution in [3.63, 3.8) is 0 Å². The predicted molar refractivity (Wildman–Crippen MR) is 147 cm³/mol. The molecule has 0 amide bonds. The third kappa shape index (κ3) is 10.7. The Morgan fingerprint density at radius 1 is 1.14 bits per heavy atom. The number of hydrogen-bond acceptors (Lipinski definition) is 7. The summed E-state index contributed by atoms with van der Waals surface area (Å²) in [6, 6.07) is 10.4. The minimum atomic E-state index is 0.272. The van der Waals surface area contributed by atoms with E-state index in [4.69, 9.17) is 24.7 Å². The van der Waals surface area contributed by atoms with Crippen LogP contribution in [0.3, 0.4) is 0 Å². The molecule has 1 aromatic carbocycles. The second kappa shape index (κ2) is 20.2. The van der Waals surface area contributed by atoms with E-state index in [2.05, 4.69) is 28.6 Å². The zero-order valence-electron chi connectivity index (χ0n) is 22.4. The fourth-order valence-electron chi connectivity index (χ4n) is 3.55. The third-order valence-corrected chi connectivity index (χ3v) is 5.08. The van der Waals surface area contributed by atoms with Gasteiger partial charge in [0.25, 0.3) is 0 Å². The molecule has 1 fully saturated rings. The van der Waals surface area contributed by atoms with Gasteiger partial charge in [0, 0.05) is 36.7 Å². The molecule has 194 valence electrons. The molecule has 1 aliphatic rings. The molecule has 0 radical (unpaired) electrons. The second-order valence-corrected chi connectivity index (χ2v) is 7.22. The molecule has 1 atom stereocenters. The second-order valence-electron chi connectivity index (χ2n) is 7.22. The van der Waals surface area contributed by atoms with E-state index in [1.807, 2.05) is 71.7 Å². The molecule has 3 rings (SSSR count). The summed E-state index contributed by atoms with van der Waals surface area (Å²) >= 11 is 0. The Morgan fingerprint density at radius 2 is 1.71 bits per heavy atom. The lowest BCUT2D eigenvalue weighted by Gasteiger charge is -2.26. The lowest BCUT2D eigenvalue weighted by Crippen LogP contribution is -2.34. The molecule has 3 N–H and O–H groups in total. The molecule has 2 aromatic rings. The van der Waals surface area contributed by atoms with E-state index in [0.29, 0.717) is 6.04 Å². The monoisotopic (exact) mass is 485 g/mol. The van der Waals surface area contributed by atoms with E-state index in [0.717, 1.165) is 47.8 Å². The van der Waals surface area contributed by atoms with Crippen LogP contribution in [0.2, 0.25) is 0 Å². The number of aliphatic imine (C=N–C) groups is 1. The molecule has 1 aromatic heterocycles. The average molecular weight is 486 g/mol. The van der Waals surface area contributed by atoms with Crippen LogP contribution >= 0.6 is 0 Å². The molecule has 1 unspecified atom stereocenters. The van der Waals surface area contributed by atoms with Crippen molar-refractivity contribution in [3.05, 3.63) is 58.8 Å². The van der Waals surface area contributed by atoms with Crippen LogP contribution in [-0.4, -0.2) is 63.5 Å². The number of aromatic nitrogens is 1. The Balaban J connectivity index is 0. The Bertz CT molecular complexity index is 883. The first-order chi connectivity index (χ1) is 17.0. The molecule has 0 bridgehead atoms. The highest BCUT2D eigenvalue weighted by molar-refractivity contribution is 6.10. The van der Waals surface area contributed by atoms with Crippen LogP contribution in [0, 0.1) is 19.3 Å². The van der Waals surface area contributed by atoms with Gasteiger partial charge in [-0.2, -0.15) is 0 Å². The van der Waals surface area contributed by atoms with E-state index < -0.39 is 0 Å². The summed E-state index contributed by atoms with van der Waals surface area (Å²) in [4.78, 5) is 27.6. The van der Waals surface area contributed by atoms with E-state index in [-0.39, 0.29) is 5.84 Å². The smallest absolute Gasteiger partial charge is 0.152 e. The molecule has 1 saturated heterocycles. The number of ether oxygens (including phenoxy) is 1. The van der Waals surface area contributed by atoms with Gasteiger partial charge < -0.3 is 25.0 Å². The van der Waals surface area contributed by atoms with E-state index in [1.165, 1.54) is 19.0 Å². The molecular formula is C27H43N5O3. The van der Waals surface area contributed by atoms with Gasteiger partial charge in [-0.25, -0.2) is 9.98 Å². The van der Waals surface area contributed by atoms with Crippen molar-refractivity contribution in [1.82, 2.24) is 4.98 Å². The highest BCUT2D eigenvalue weighted by atomic mass is 16.5. The number of pyridine rings is 1.